The molecule has 0 radical (unpaired) electrons. The van der Waals surface area contributed by atoms with E-state index in [-0.39, 0.29) is 5.82 Å². The van der Waals surface area contributed by atoms with Crippen LogP contribution in [0.25, 0.3) is 0 Å². The molecule has 0 saturated carbocycles. The van der Waals surface area contributed by atoms with Crippen molar-refractivity contribution in [1.82, 2.24) is 9.78 Å². The molecular formula is C16H22FN3. The second-order valence-corrected chi connectivity index (χ2v) is 5.09. The summed E-state index contributed by atoms with van der Waals surface area (Å²) in [5.41, 5.74) is 2.50. The number of rotatable bonds is 6. The summed E-state index contributed by atoms with van der Waals surface area (Å²) in [6.45, 7) is 6.81. The molecule has 1 N–H and O–H groups in total. The van der Waals surface area contributed by atoms with E-state index in [9.17, 15) is 4.39 Å². The summed E-state index contributed by atoms with van der Waals surface area (Å²) in [6, 6.07) is 7.49. The molecule has 1 heterocycles. The molecule has 0 aliphatic rings. The topological polar surface area (TPSA) is 29.9 Å². The van der Waals surface area contributed by atoms with E-state index >= 15 is 0 Å². The highest BCUT2D eigenvalue weighted by atomic mass is 19.1. The molecule has 2 rings (SSSR count). The Hall–Kier alpha value is -1.84. The van der Waals surface area contributed by atoms with Crippen LogP contribution in [0.2, 0.25) is 0 Å². The van der Waals surface area contributed by atoms with Gasteiger partial charge in [0.25, 0.3) is 0 Å². The minimum Gasteiger partial charge on any atom is -0.377 e. The highest BCUT2D eigenvalue weighted by molar-refractivity contribution is 5.47. The Kier molecular flexibility index (Phi) is 4.77. The number of aromatic nitrogens is 2. The van der Waals surface area contributed by atoms with Gasteiger partial charge in [-0.2, -0.15) is 5.10 Å². The van der Waals surface area contributed by atoms with E-state index in [2.05, 4.69) is 24.3 Å². The quantitative estimate of drug-likeness (QED) is 0.851. The van der Waals surface area contributed by atoms with Gasteiger partial charge in [-0.15, -0.1) is 0 Å². The van der Waals surface area contributed by atoms with Crippen LogP contribution in [0.15, 0.2) is 30.5 Å². The number of halogens is 1. The number of aryl methyl sites for hydroxylation is 1. The zero-order valence-electron chi connectivity index (χ0n) is 12.4. The molecule has 0 aliphatic heterocycles. The number of hydrogen-bond donors (Lipinski definition) is 1. The summed E-state index contributed by atoms with van der Waals surface area (Å²) in [4.78, 5) is 0. The van der Waals surface area contributed by atoms with Crippen LogP contribution < -0.4 is 5.32 Å². The molecular weight excluding hydrogens is 253 g/mol. The molecule has 4 heteroatoms. The third-order valence-corrected chi connectivity index (χ3v) is 3.56. The van der Waals surface area contributed by atoms with E-state index in [4.69, 9.17) is 0 Å². The maximum Gasteiger partial charge on any atom is 0.146 e. The maximum absolute atomic E-state index is 13.6. The first-order chi connectivity index (χ1) is 9.63. The summed E-state index contributed by atoms with van der Waals surface area (Å²) >= 11 is 0. The Balaban J connectivity index is 2.02. The third-order valence-electron chi connectivity index (χ3n) is 3.56. The number of nitrogens with one attached hydrogen (secondary N) is 1. The van der Waals surface area contributed by atoms with Crippen LogP contribution >= 0.6 is 0 Å². The summed E-state index contributed by atoms with van der Waals surface area (Å²) in [5.74, 6) is -0.227. The van der Waals surface area contributed by atoms with Crippen molar-refractivity contribution in [2.75, 3.05) is 5.32 Å². The number of nitrogens with zero attached hydrogens (tertiary/aromatic N) is 2. The van der Waals surface area contributed by atoms with E-state index in [1.54, 1.807) is 6.07 Å². The average Bonchev–Trinajstić information content (AvgIpc) is 2.90. The molecule has 108 valence electrons. The molecule has 2 aromatic rings. The minimum atomic E-state index is -0.227. The van der Waals surface area contributed by atoms with Gasteiger partial charge in [-0.3, -0.25) is 4.68 Å². The van der Waals surface area contributed by atoms with E-state index < -0.39 is 0 Å². The van der Waals surface area contributed by atoms with Crippen LogP contribution in [0.3, 0.4) is 0 Å². The van der Waals surface area contributed by atoms with Crippen LogP contribution in [0.1, 0.15) is 44.0 Å². The number of hydrogen-bond acceptors (Lipinski definition) is 2. The molecule has 0 atom stereocenters. The fourth-order valence-corrected chi connectivity index (χ4v) is 2.30. The molecule has 0 spiro atoms. The van der Waals surface area contributed by atoms with Gasteiger partial charge >= 0.3 is 0 Å². The van der Waals surface area contributed by atoms with E-state index in [1.807, 2.05) is 29.9 Å². The average molecular weight is 275 g/mol. The molecule has 0 unspecified atom stereocenters. The lowest BCUT2D eigenvalue weighted by Crippen LogP contribution is -2.09. The van der Waals surface area contributed by atoms with Gasteiger partial charge in [-0.25, -0.2) is 4.39 Å². The van der Waals surface area contributed by atoms with E-state index in [1.165, 1.54) is 6.07 Å². The van der Waals surface area contributed by atoms with Gasteiger partial charge in [0.2, 0.25) is 0 Å². The molecule has 20 heavy (non-hydrogen) atoms. The van der Waals surface area contributed by atoms with Crippen LogP contribution in [-0.2, 0) is 6.54 Å². The normalized spacial score (nSPS) is 11.1. The van der Waals surface area contributed by atoms with E-state index in [0.717, 1.165) is 24.1 Å². The van der Waals surface area contributed by atoms with Gasteiger partial charge in [-0.05, 0) is 43.5 Å². The fourth-order valence-electron chi connectivity index (χ4n) is 2.30. The Morgan fingerprint density at radius 1 is 1.25 bits per heavy atom. The van der Waals surface area contributed by atoms with Gasteiger partial charge in [0.1, 0.15) is 5.82 Å². The monoisotopic (exact) mass is 275 g/mol. The van der Waals surface area contributed by atoms with Crippen molar-refractivity contribution >= 4 is 5.69 Å². The molecule has 3 nitrogen and oxygen atoms in total. The predicted molar refractivity (Wildman–Crippen MR) is 80.3 cm³/mol. The first kappa shape index (κ1) is 14.6. The Morgan fingerprint density at radius 3 is 2.70 bits per heavy atom. The van der Waals surface area contributed by atoms with Crippen molar-refractivity contribution < 1.29 is 4.39 Å². The molecule has 0 aliphatic carbocycles. The summed E-state index contributed by atoms with van der Waals surface area (Å²) in [5, 5.41) is 7.66. The van der Waals surface area contributed by atoms with Crippen LogP contribution in [-0.4, -0.2) is 9.78 Å². The second kappa shape index (κ2) is 6.55. The highest BCUT2D eigenvalue weighted by Crippen LogP contribution is 2.18. The van der Waals surface area contributed by atoms with Crippen molar-refractivity contribution in [2.45, 2.75) is 46.2 Å². The second-order valence-electron chi connectivity index (χ2n) is 5.09. The maximum atomic E-state index is 13.6. The van der Waals surface area contributed by atoms with Crippen LogP contribution in [0.4, 0.5) is 10.1 Å². The van der Waals surface area contributed by atoms with Crippen molar-refractivity contribution in [3.05, 3.63) is 47.5 Å². The van der Waals surface area contributed by atoms with Gasteiger partial charge in [-0.1, -0.05) is 19.9 Å². The number of benzene rings is 1. The summed E-state index contributed by atoms with van der Waals surface area (Å²) in [6.07, 6.45) is 4.14. The first-order valence-electron chi connectivity index (χ1n) is 7.18. The minimum absolute atomic E-state index is 0.227. The lowest BCUT2D eigenvalue weighted by molar-refractivity contribution is 0.426. The van der Waals surface area contributed by atoms with Crippen molar-refractivity contribution in [2.24, 2.45) is 0 Å². The summed E-state index contributed by atoms with van der Waals surface area (Å²) < 4.78 is 15.6. The zero-order chi connectivity index (χ0) is 14.5. The fraction of sp³-hybridized carbons (Fsp3) is 0.438. The number of anilines is 1. The van der Waals surface area contributed by atoms with Crippen molar-refractivity contribution in [1.29, 1.82) is 0 Å². The molecule has 0 bridgehead atoms. The smallest absolute Gasteiger partial charge is 0.146 e. The highest BCUT2D eigenvalue weighted by Gasteiger charge is 2.08. The molecule has 1 aromatic heterocycles. The van der Waals surface area contributed by atoms with Crippen LogP contribution in [0.5, 0.6) is 0 Å². The standard InChI is InChI=1S/C16H22FN3/c1-4-14(5-2)20-9-8-13(19-20)11-18-16-10-12(3)6-7-15(16)17/h6-10,14,18H,4-5,11H2,1-3H3. The van der Waals surface area contributed by atoms with Gasteiger partial charge in [0, 0.05) is 6.20 Å². The third kappa shape index (κ3) is 3.38. The van der Waals surface area contributed by atoms with Crippen molar-refractivity contribution in [3.8, 4) is 0 Å². The Morgan fingerprint density at radius 2 is 2.00 bits per heavy atom. The van der Waals surface area contributed by atoms with Gasteiger partial charge in [0.05, 0.1) is 24.0 Å². The summed E-state index contributed by atoms with van der Waals surface area (Å²) in [7, 11) is 0. The molecule has 0 amide bonds. The van der Waals surface area contributed by atoms with Gasteiger partial charge < -0.3 is 5.32 Å². The van der Waals surface area contributed by atoms with Crippen molar-refractivity contribution in [3.63, 3.8) is 0 Å². The molecule has 1 aromatic carbocycles. The molecule has 0 fully saturated rings. The Labute approximate surface area is 119 Å². The molecule has 0 saturated heterocycles. The largest absolute Gasteiger partial charge is 0.377 e. The first-order valence-corrected chi connectivity index (χ1v) is 7.18. The lowest BCUT2D eigenvalue weighted by atomic mass is 10.2. The zero-order valence-corrected chi connectivity index (χ0v) is 12.4. The van der Waals surface area contributed by atoms with Crippen LogP contribution in [0, 0.1) is 12.7 Å². The predicted octanol–water partition coefficient (Wildman–Crippen LogP) is 4.30. The lowest BCUT2D eigenvalue weighted by Gasteiger charge is -2.12. The van der Waals surface area contributed by atoms with Gasteiger partial charge in [0.15, 0.2) is 0 Å². The Bertz CT molecular complexity index is 559. The SMILES string of the molecule is CCC(CC)n1ccc(CNc2cc(C)ccc2F)n1. The van der Waals surface area contributed by atoms with E-state index in [0.29, 0.717) is 18.3 Å².